The quantitative estimate of drug-likeness (QED) is 0.524. The van der Waals surface area contributed by atoms with Crippen LogP contribution in [0.15, 0.2) is 67.7 Å². The zero-order chi connectivity index (χ0) is 22.7. The fourth-order valence-corrected chi connectivity index (χ4v) is 5.13. The lowest BCUT2D eigenvalue weighted by atomic mass is 10.3. The van der Waals surface area contributed by atoms with Gasteiger partial charge in [-0.2, -0.15) is 8.42 Å². The number of aromatic nitrogens is 2. The molecule has 11 heteroatoms. The number of nitrogens with one attached hydrogen (secondary N) is 1. The molecule has 0 bridgehead atoms. The van der Waals surface area contributed by atoms with Crippen molar-refractivity contribution in [2.24, 2.45) is 11.4 Å². The van der Waals surface area contributed by atoms with Gasteiger partial charge in [-0.15, -0.1) is 4.40 Å². The highest BCUT2D eigenvalue weighted by Gasteiger charge is 2.20. The van der Waals surface area contributed by atoms with Gasteiger partial charge in [0.15, 0.2) is 10.9 Å². The van der Waals surface area contributed by atoms with Crippen LogP contribution in [0.5, 0.6) is 0 Å². The number of hydrogen-bond acceptors (Lipinski definition) is 6. The fraction of sp³-hybridized carbons (Fsp3) is 0.286. The number of sulfonamides is 1. The van der Waals surface area contributed by atoms with Crippen molar-refractivity contribution >= 4 is 39.2 Å². The van der Waals surface area contributed by atoms with Gasteiger partial charge in [0.1, 0.15) is 11.6 Å². The Balaban J connectivity index is 1.38. The molecule has 1 N–H and O–H groups in total. The summed E-state index contributed by atoms with van der Waals surface area (Å²) < 4.78 is 36.6. The molecule has 4 rings (SSSR count). The first-order chi connectivity index (χ1) is 15.3. The number of amidine groups is 1. The largest absolute Gasteiger partial charge is 0.455 e. The number of furan rings is 1. The smallest absolute Gasteiger partial charge is 0.291 e. The summed E-state index contributed by atoms with van der Waals surface area (Å²) in [5, 5.41) is 3.57. The van der Waals surface area contributed by atoms with Crippen LogP contribution in [0, 0.1) is 0 Å². The first kappa shape index (κ1) is 22.2. The second kappa shape index (κ2) is 9.21. The minimum absolute atomic E-state index is 0.0786. The molecule has 1 fully saturated rings. The zero-order valence-electron chi connectivity index (χ0n) is 17.7. The molecule has 1 saturated heterocycles. The van der Waals surface area contributed by atoms with Crippen LogP contribution in [0.1, 0.15) is 29.2 Å². The van der Waals surface area contributed by atoms with Crippen molar-refractivity contribution in [3.63, 3.8) is 0 Å². The van der Waals surface area contributed by atoms with Crippen LogP contribution in [0.4, 0.5) is 5.69 Å². The third-order valence-corrected chi connectivity index (χ3v) is 7.38. The Morgan fingerprint density at radius 2 is 2.00 bits per heavy atom. The summed E-state index contributed by atoms with van der Waals surface area (Å²) in [6.07, 6.45) is 5.13. The first-order valence-electron chi connectivity index (χ1n) is 9.97. The first-order valence-corrected chi connectivity index (χ1v) is 12.4. The maximum absolute atomic E-state index is 12.5. The Morgan fingerprint density at radius 3 is 2.66 bits per heavy atom. The normalized spacial score (nSPS) is 15.4. The average Bonchev–Trinajstić information content (AvgIpc) is 3.49. The second-order valence-corrected chi connectivity index (χ2v) is 9.91. The molecule has 0 spiro atoms. The van der Waals surface area contributed by atoms with Gasteiger partial charge in [-0.05, 0) is 42.8 Å². The molecule has 0 unspecified atom stereocenters. The summed E-state index contributed by atoms with van der Waals surface area (Å²) in [5.41, 5.74) is 0.458. The average molecular weight is 474 g/mol. The summed E-state index contributed by atoms with van der Waals surface area (Å²) in [7, 11) is -0.0525. The van der Waals surface area contributed by atoms with E-state index < -0.39 is 15.9 Å². The predicted molar refractivity (Wildman–Crippen MR) is 122 cm³/mol. The molecular formula is C21H23N5O4S2. The van der Waals surface area contributed by atoms with E-state index in [9.17, 15) is 13.2 Å². The maximum Gasteiger partial charge on any atom is 0.291 e. The fourth-order valence-electron chi connectivity index (χ4n) is 3.21. The number of likely N-dealkylation sites (tertiary alicyclic amines) is 1. The van der Waals surface area contributed by atoms with Crippen LogP contribution in [-0.4, -0.2) is 48.2 Å². The highest BCUT2D eigenvalue weighted by molar-refractivity contribution is 7.98. The van der Waals surface area contributed by atoms with Crippen molar-refractivity contribution in [1.29, 1.82) is 0 Å². The van der Waals surface area contributed by atoms with Crippen molar-refractivity contribution in [1.82, 2.24) is 14.5 Å². The number of benzene rings is 1. The highest BCUT2D eigenvalue weighted by Crippen LogP contribution is 2.23. The molecule has 0 atom stereocenters. The molecule has 32 heavy (non-hydrogen) atoms. The lowest BCUT2D eigenvalue weighted by Gasteiger charge is -2.11. The molecule has 1 aliphatic rings. The minimum Gasteiger partial charge on any atom is -0.455 e. The molecule has 1 aliphatic heterocycles. The number of imidazole rings is 1. The van der Waals surface area contributed by atoms with E-state index in [-0.39, 0.29) is 10.7 Å². The molecule has 1 aromatic carbocycles. The number of carbonyl (C=O) groups is 1. The van der Waals surface area contributed by atoms with E-state index in [2.05, 4.69) is 14.7 Å². The van der Waals surface area contributed by atoms with E-state index in [4.69, 9.17) is 4.42 Å². The van der Waals surface area contributed by atoms with Crippen molar-refractivity contribution in [2.45, 2.75) is 28.6 Å². The van der Waals surface area contributed by atoms with Crippen molar-refractivity contribution in [3.8, 4) is 0 Å². The Morgan fingerprint density at radius 1 is 1.22 bits per heavy atom. The maximum atomic E-state index is 12.5. The number of carbonyl (C=O) groups excluding carboxylic acids is 1. The van der Waals surface area contributed by atoms with Gasteiger partial charge >= 0.3 is 0 Å². The molecule has 0 radical (unpaired) electrons. The molecule has 2 aromatic heterocycles. The molecule has 9 nitrogen and oxygen atoms in total. The van der Waals surface area contributed by atoms with Crippen LogP contribution < -0.4 is 5.32 Å². The Hall–Kier alpha value is -3.05. The summed E-state index contributed by atoms with van der Waals surface area (Å²) in [5.74, 6) is 1.52. The lowest BCUT2D eigenvalue weighted by molar-refractivity contribution is 0.0995. The standard InChI is InChI=1S/C21H23N5O4S2/c1-25-12-3-4-19(25)24-32(28,29)17-8-5-15(6-9-17)23-20(27)18-10-7-16(30-18)14-31-21-22-11-13-26(21)2/h5-11,13H,3-4,12,14H2,1-2H3,(H,23,27)/b24-19+. The number of aryl methyl sites for hydroxylation is 1. The van der Waals surface area contributed by atoms with E-state index in [1.165, 1.54) is 36.0 Å². The summed E-state index contributed by atoms with van der Waals surface area (Å²) in [4.78, 5) is 18.7. The number of hydrogen-bond donors (Lipinski definition) is 1. The molecular weight excluding hydrogens is 450 g/mol. The van der Waals surface area contributed by atoms with Crippen LogP contribution in [0.25, 0.3) is 0 Å². The monoisotopic (exact) mass is 473 g/mol. The Labute approximate surface area is 190 Å². The van der Waals surface area contributed by atoms with Crippen LogP contribution in [0.2, 0.25) is 0 Å². The molecule has 3 aromatic rings. The molecule has 1 amide bonds. The number of rotatable bonds is 7. The van der Waals surface area contributed by atoms with Gasteiger partial charge in [0.05, 0.1) is 10.6 Å². The zero-order valence-corrected chi connectivity index (χ0v) is 19.3. The Bertz CT molecular complexity index is 1250. The van der Waals surface area contributed by atoms with E-state index in [1.807, 2.05) is 29.8 Å². The summed E-state index contributed by atoms with van der Waals surface area (Å²) in [6, 6.07) is 9.28. The van der Waals surface area contributed by atoms with Crippen molar-refractivity contribution in [3.05, 3.63) is 60.3 Å². The van der Waals surface area contributed by atoms with Crippen molar-refractivity contribution in [2.75, 3.05) is 18.9 Å². The van der Waals surface area contributed by atoms with E-state index in [0.717, 1.165) is 18.1 Å². The third-order valence-electron chi connectivity index (χ3n) is 4.98. The molecule has 0 saturated carbocycles. The van der Waals surface area contributed by atoms with E-state index in [0.29, 0.717) is 29.5 Å². The van der Waals surface area contributed by atoms with Crippen LogP contribution in [-0.2, 0) is 22.8 Å². The number of thioether (sulfide) groups is 1. The minimum atomic E-state index is -3.79. The van der Waals surface area contributed by atoms with Crippen molar-refractivity contribution < 1.29 is 17.6 Å². The van der Waals surface area contributed by atoms with Gasteiger partial charge < -0.3 is 19.2 Å². The van der Waals surface area contributed by atoms with Gasteiger partial charge in [-0.3, -0.25) is 4.79 Å². The van der Waals surface area contributed by atoms with E-state index in [1.54, 1.807) is 18.3 Å². The SMILES string of the molecule is CN1CCC/C1=N\S(=O)(=O)c1ccc(NC(=O)c2ccc(CSc3nccn3C)o2)cc1. The van der Waals surface area contributed by atoms with Crippen LogP contribution >= 0.6 is 11.8 Å². The molecule has 0 aliphatic carbocycles. The number of nitrogens with zero attached hydrogens (tertiary/aromatic N) is 4. The van der Waals surface area contributed by atoms with Gasteiger partial charge in [-0.1, -0.05) is 11.8 Å². The second-order valence-electron chi connectivity index (χ2n) is 7.36. The van der Waals surface area contributed by atoms with Gasteiger partial charge in [0.25, 0.3) is 15.9 Å². The summed E-state index contributed by atoms with van der Waals surface area (Å²) in [6.45, 7) is 0.801. The van der Waals surface area contributed by atoms with E-state index >= 15 is 0 Å². The van der Waals surface area contributed by atoms with Gasteiger partial charge in [-0.25, -0.2) is 4.98 Å². The Kier molecular flexibility index (Phi) is 6.38. The van der Waals surface area contributed by atoms with Gasteiger partial charge in [0.2, 0.25) is 0 Å². The topological polar surface area (TPSA) is 110 Å². The van der Waals surface area contributed by atoms with Gasteiger partial charge in [0, 0.05) is 45.1 Å². The number of anilines is 1. The molecule has 3 heterocycles. The molecule has 168 valence electrons. The lowest BCUT2D eigenvalue weighted by Crippen LogP contribution is -2.20. The number of amides is 1. The third kappa shape index (κ3) is 5.05. The highest BCUT2D eigenvalue weighted by atomic mass is 32.2. The summed E-state index contributed by atoms with van der Waals surface area (Å²) >= 11 is 1.51. The predicted octanol–water partition coefficient (Wildman–Crippen LogP) is 3.37. The van der Waals surface area contributed by atoms with Crippen LogP contribution in [0.3, 0.4) is 0 Å².